The highest BCUT2D eigenvalue weighted by Gasteiger charge is 2.04. The molecule has 110 valence electrons. The maximum Gasteiger partial charge on any atom is 0.252 e. The second kappa shape index (κ2) is 7.23. The first-order valence-electron chi connectivity index (χ1n) is 6.82. The lowest BCUT2D eigenvalue weighted by atomic mass is 10.2. The quantitative estimate of drug-likeness (QED) is 0.741. The van der Waals surface area contributed by atoms with Crippen molar-refractivity contribution in [2.45, 2.75) is 19.9 Å². The summed E-state index contributed by atoms with van der Waals surface area (Å²) >= 11 is 0. The molecule has 1 heterocycles. The standard InChI is InChI=1S/C15H18N4O2/c1-2-12-8-13(20)19-15(18-12)17-10-14(21)16-9-11-6-4-3-5-7-11/h3-8H,2,9-10H2,1H3,(H,16,21)(H2,17,18,19,20). The minimum atomic E-state index is -0.228. The van der Waals surface area contributed by atoms with Gasteiger partial charge in [-0.15, -0.1) is 0 Å². The summed E-state index contributed by atoms with van der Waals surface area (Å²) < 4.78 is 0. The number of carbonyl (C=O) groups is 1. The van der Waals surface area contributed by atoms with E-state index in [1.807, 2.05) is 37.3 Å². The summed E-state index contributed by atoms with van der Waals surface area (Å²) in [6.07, 6.45) is 0.665. The van der Waals surface area contributed by atoms with Crippen molar-refractivity contribution in [3.8, 4) is 0 Å². The molecule has 0 fully saturated rings. The monoisotopic (exact) mass is 286 g/mol. The lowest BCUT2D eigenvalue weighted by molar-refractivity contribution is -0.119. The molecule has 0 atom stereocenters. The van der Waals surface area contributed by atoms with Gasteiger partial charge in [-0.1, -0.05) is 37.3 Å². The lowest BCUT2D eigenvalue weighted by Gasteiger charge is -2.07. The van der Waals surface area contributed by atoms with Crippen molar-refractivity contribution < 1.29 is 4.79 Å². The third-order valence-corrected chi connectivity index (χ3v) is 2.91. The molecule has 3 N–H and O–H groups in total. The highest BCUT2D eigenvalue weighted by molar-refractivity contribution is 5.80. The van der Waals surface area contributed by atoms with Gasteiger partial charge in [-0.05, 0) is 12.0 Å². The number of carbonyl (C=O) groups excluding carboxylic acids is 1. The summed E-state index contributed by atoms with van der Waals surface area (Å²) in [6.45, 7) is 2.45. The van der Waals surface area contributed by atoms with E-state index < -0.39 is 0 Å². The molecule has 6 nitrogen and oxygen atoms in total. The number of nitrogens with one attached hydrogen (secondary N) is 3. The highest BCUT2D eigenvalue weighted by atomic mass is 16.2. The van der Waals surface area contributed by atoms with E-state index in [-0.39, 0.29) is 18.0 Å². The van der Waals surface area contributed by atoms with Crippen LogP contribution in [0.25, 0.3) is 0 Å². The van der Waals surface area contributed by atoms with E-state index in [0.29, 0.717) is 24.6 Å². The van der Waals surface area contributed by atoms with Crippen LogP contribution >= 0.6 is 0 Å². The van der Waals surface area contributed by atoms with Gasteiger partial charge in [-0.25, -0.2) is 4.98 Å². The molecule has 0 radical (unpaired) electrons. The van der Waals surface area contributed by atoms with Gasteiger partial charge in [-0.3, -0.25) is 14.6 Å². The van der Waals surface area contributed by atoms with Crippen LogP contribution in [-0.2, 0) is 17.8 Å². The summed E-state index contributed by atoms with van der Waals surface area (Å²) in [5.41, 5.74) is 1.49. The first-order chi connectivity index (χ1) is 10.2. The summed E-state index contributed by atoms with van der Waals surface area (Å²) in [5, 5.41) is 5.61. The Bertz CT molecular complexity index is 652. The number of hydrogen-bond acceptors (Lipinski definition) is 4. The van der Waals surface area contributed by atoms with Crippen molar-refractivity contribution in [3.05, 3.63) is 58.0 Å². The number of nitrogens with zero attached hydrogens (tertiary/aromatic N) is 1. The third-order valence-electron chi connectivity index (χ3n) is 2.91. The third kappa shape index (κ3) is 4.76. The van der Waals surface area contributed by atoms with E-state index in [0.717, 1.165) is 5.56 Å². The molecule has 0 aliphatic rings. The van der Waals surface area contributed by atoms with Crippen LogP contribution in [0.1, 0.15) is 18.2 Å². The fourth-order valence-corrected chi connectivity index (χ4v) is 1.80. The van der Waals surface area contributed by atoms with Gasteiger partial charge < -0.3 is 10.6 Å². The molecular formula is C15H18N4O2. The Balaban J connectivity index is 1.84. The van der Waals surface area contributed by atoms with Crippen molar-refractivity contribution in [2.24, 2.45) is 0 Å². The van der Waals surface area contributed by atoms with Crippen molar-refractivity contribution in [1.29, 1.82) is 0 Å². The van der Waals surface area contributed by atoms with Crippen LogP contribution in [0.2, 0.25) is 0 Å². The number of aryl methyl sites for hydroxylation is 1. The summed E-state index contributed by atoms with van der Waals surface area (Å²) in [7, 11) is 0. The number of anilines is 1. The van der Waals surface area contributed by atoms with Crippen molar-refractivity contribution in [2.75, 3.05) is 11.9 Å². The first-order valence-corrected chi connectivity index (χ1v) is 6.82. The van der Waals surface area contributed by atoms with Gasteiger partial charge >= 0.3 is 0 Å². The van der Waals surface area contributed by atoms with Gasteiger partial charge in [0.25, 0.3) is 5.56 Å². The van der Waals surface area contributed by atoms with Crippen LogP contribution in [0.4, 0.5) is 5.95 Å². The predicted molar refractivity (Wildman–Crippen MR) is 81.0 cm³/mol. The predicted octanol–water partition coefficient (Wildman–Crippen LogP) is 1.06. The van der Waals surface area contributed by atoms with Gasteiger partial charge in [0.15, 0.2) is 0 Å². The number of aromatic nitrogens is 2. The van der Waals surface area contributed by atoms with Crippen LogP contribution in [0, 0.1) is 0 Å². The van der Waals surface area contributed by atoms with Crippen LogP contribution < -0.4 is 16.2 Å². The fraction of sp³-hybridized carbons (Fsp3) is 0.267. The van der Waals surface area contributed by atoms with Crippen LogP contribution in [-0.4, -0.2) is 22.4 Å². The van der Waals surface area contributed by atoms with Gasteiger partial charge in [0.1, 0.15) is 0 Å². The first kappa shape index (κ1) is 14.8. The number of rotatable bonds is 6. The molecule has 1 amide bonds. The maximum atomic E-state index is 11.7. The van der Waals surface area contributed by atoms with E-state index >= 15 is 0 Å². The van der Waals surface area contributed by atoms with Gasteiger partial charge in [0.2, 0.25) is 11.9 Å². The largest absolute Gasteiger partial charge is 0.350 e. The Kier molecular flexibility index (Phi) is 5.09. The molecule has 0 aliphatic heterocycles. The Morgan fingerprint density at radius 2 is 2.05 bits per heavy atom. The lowest BCUT2D eigenvalue weighted by Crippen LogP contribution is -2.30. The van der Waals surface area contributed by atoms with E-state index in [1.54, 1.807) is 0 Å². The highest BCUT2D eigenvalue weighted by Crippen LogP contribution is 1.98. The number of H-pyrrole nitrogens is 1. The van der Waals surface area contributed by atoms with Gasteiger partial charge in [0, 0.05) is 18.3 Å². The van der Waals surface area contributed by atoms with Gasteiger partial charge in [0.05, 0.1) is 6.54 Å². The number of aromatic amines is 1. The van der Waals surface area contributed by atoms with Crippen LogP contribution in [0.15, 0.2) is 41.2 Å². The fourth-order valence-electron chi connectivity index (χ4n) is 1.80. The average Bonchev–Trinajstić information content (AvgIpc) is 2.51. The number of hydrogen-bond donors (Lipinski definition) is 3. The van der Waals surface area contributed by atoms with E-state index in [1.165, 1.54) is 6.07 Å². The molecule has 0 bridgehead atoms. The molecule has 0 aliphatic carbocycles. The Morgan fingerprint density at radius 3 is 2.76 bits per heavy atom. The van der Waals surface area contributed by atoms with Crippen molar-refractivity contribution >= 4 is 11.9 Å². The van der Waals surface area contributed by atoms with Crippen LogP contribution in [0.5, 0.6) is 0 Å². The molecule has 6 heteroatoms. The molecular weight excluding hydrogens is 268 g/mol. The zero-order valence-corrected chi connectivity index (χ0v) is 11.8. The summed E-state index contributed by atoms with van der Waals surface area (Å²) in [4.78, 5) is 29.9. The average molecular weight is 286 g/mol. The Labute approximate surface area is 122 Å². The molecule has 0 saturated carbocycles. The molecule has 0 saturated heterocycles. The van der Waals surface area contributed by atoms with Crippen molar-refractivity contribution in [1.82, 2.24) is 15.3 Å². The summed E-state index contributed by atoms with van der Waals surface area (Å²) in [6, 6.07) is 11.1. The number of amides is 1. The minimum Gasteiger partial charge on any atom is -0.350 e. The molecule has 1 aromatic carbocycles. The molecule has 1 aromatic heterocycles. The van der Waals surface area contributed by atoms with E-state index in [9.17, 15) is 9.59 Å². The smallest absolute Gasteiger partial charge is 0.252 e. The van der Waals surface area contributed by atoms with Crippen molar-refractivity contribution in [3.63, 3.8) is 0 Å². The molecule has 0 spiro atoms. The Hall–Kier alpha value is -2.63. The van der Waals surface area contributed by atoms with Crippen LogP contribution in [0.3, 0.4) is 0 Å². The van der Waals surface area contributed by atoms with Gasteiger partial charge in [-0.2, -0.15) is 0 Å². The minimum absolute atomic E-state index is 0.0585. The second-order valence-electron chi connectivity index (χ2n) is 4.55. The topological polar surface area (TPSA) is 86.9 Å². The van der Waals surface area contributed by atoms with E-state index in [2.05, 4.69) is 20.6 Å². The zero-order chi connectivity index (χ0) is 15.1. The molecule has 0 unspecified atom stereocenters. The maximum absolute atomic E-state index is 11.7. The SMILES string of the molecule is CCc1cc(=O)[nH]c(NCC(=O)NCc2ccccc2)n1. The zero-order valence-electron chi connectivity index (χ0n) is 11.8. The Morgan fingerprint density at radius 1 is 1.29 bits per heavy atom. The summed E-state index contributed by atoms with van der Waals surface area (Å²) in [5.74, 6) is 0.151. The number of benzene rings is 1. The molecule has 2 aromatic rings. The van der Waals surface area contributed by atoms with E-state index in [4.69, 9.17) is 0 Å². The second-order valence-corrected chi connectivity index (χ2v) is 4.55. The molecule has 2 rings (SSSR count). The normalized spacial score (nSPS) is 10.1. The molecule has 21 heavy (non-hydrogen) atoms.